The molecule has 0 radical (unpaired) electrons. The van der Waals surface area contributed by atoms with E-state index in [0.29, 0.717) is 17.8 Å². The van der Waals surface area contributed by atoms with E-state index in [1.807, 2.05) is 0 Å². The third-order valence-electron chi connectivity index (χ3n) is 5.49. The van der Waals surface area contributed by atoms with Crippen molar-refractivity contribution in [2.45, 2.75) is 90.1 Å². The monoisotopic (exact) mass is 268 g/mol. The average Bonchev–Trinajstić information content (AvgIpc) is 2.46. The van der Waals surface area contributed by atoms with Crippen molar-refractivity contribution in [1.82, 2.24) is 0 Å². The molecule has 2 aliphatic carbocycles. The molecule has 2 rings (SSSR count). The maximum Gasteiger partial charge on any atom is 0.109 e. The zero-order valence-electron chi connectivity index (χ0n) is 12.9. The van der Waals surface area contributed by atoms with Crippen molar-refractivity contribution in [2.24, 2.45) is 17.8 Å². The highest BCUT2D eigenvalue weighted by atomic mass is 17.1. The first-order valence-electron chi connectivity index (χ1n) is 8.51. The molecule has 19 heavy (non-hydrogen) atoms. The van der Waals surface area contributed by atoms with Crippen molar-refractivity contribution < 1.29 is 10.1 Å². The summed E-state index contributed by atoms with van der Waals surface area (Å²) in [6, 6.07) is 0. The van der Waals surface area contributed by atoms with Crippen molar-refractivity contribution in [3.05, 3.63) is 0 Å². The summed E-state index contributed by atoms with van der Waals surface area (Å²) in [5, 5.41) is 9.83. The Balaban J connectivity index is 2.17. The van der Waals surface area contributed by atoms with E-state index < -0.39 is 0 Å². The minimum Gasteiger partial charge on any atom is -0.251 e. The Morgan fingerprint density at radius 2 is 1.32 bits per heavy atom. The van der Waals surface area contributed by atoms with Crippen molar-refractivity contribution in [3.63, 3.8) is 0 Å². The minimum atomic E-state index is -0.241. The van der Waals surface area contributed by atoms with Gasteiger partial charge in [-0.3, -0.25) is 5.26 Å². The molecule has 0 atom stereocenters. The lowest BCUT2D eigenvalue weighted by Gasteiger charge is -2.47. The lowest BCUT2D eigenvalue weighted by molar-refractivity contribution is -0.361. The lowest BCUT2D eigenvalue weighted by Crippen LogP contribution is -2.49. The molecule has 0 heterocycles. The Labute approximate surface area is 118 Å². The van der Waals surface area contributed by atoms with Crippen LogP contribution in [0.3, 0.4) is 0 Å². The topological polar surface area (TPSA) is 29.5 Å². The zero-order valence-corrected chi connectivity index (χ0v) is 12.9. The second-order valence-corrected chi connectivity index (χ2v) is 7.31. The highest BCUT2D eigenvalue weighted by molar-refractivity contribution is 4.96. The Morgan fingerprint density at radius 3 is 1.63 bits per heavy atom. The molecular weight excluding hydrogens is 236 g/mol. The molecule has 0 aliphatic heterocycles. The maximum absolute atomic E-state index is 9.83. The van der Waals surface area contributed by atoms with Gasteiger partial charge in [-0.1, -0.05) is 52.4 Å². The number of hydrogen-bond donors (Lipinski definition) is 1. The quantitative estimate of drug-likeness (QED) is 0.533. The molecule has 0 aromatic carbocycles. The molecular formula is C17H32O2. The summed E-state index contributed by atoms with van der Waals surface area (Å²) in [6.07, 6.45) is 14.1. The van der Waals surface area contributed by atoms with Crippen molar-refractivity contribution in [2.75, 3.05) is 0 Å². The third-order valence-corrected chi connectivity index (χ3v) is 5.49. The summed E-state index contributed by atoms with van der Waals surface area (Å²) in [5.41, 5.74) is -0.241. The first kappa shape index (κ1) is 15.3. The van der Waals surface area contributed by atoms with E-state index >= 15 is 0 Å². The van der Waals surface area contributed by atoms with Gasteiger partial charge >= 0.3 is 0 Å². The van der Waals surface area contributed by atoms with Gasteiger partial charge in [0.15, 0.2) is 0 Å². The van der Waals surface area contributed by atoms with Crippen LogP contribution in [0, 0.1) is 17.8 Å². The van der Waals surface area contributed by atoms with E-state index in [-0.39, 0.29) is 5.60 Å². The van der Waals surface area contributed by atoms with E-state index in [0.717, 1.165) is 6.42 Å². The van der Waals surface area contributed by atoms with Crippen LogP contribution in [-0.4, -0.2) is 10.9 Å². The van der Waals surface area contributed by atoms with E-state index in [9.17, 15) is 5.26 Å². The van der Waals surface area contributed by atoms with Crippen molar-refractivity contribution >= 4 is 0 Å². The molecule has 1 N–H and O–H groups in total. The fraction of sp³-hybridized carbons (Fsp3) is 1.00. The molecule has 0 aromatic heterocycles. The summed E-state index contributed by atoms with van der Waals surface area (Å²) < 4.78 is 0. The van der Waals surface area contributed by atoms with Gasteiger partial charge in [0, 0.05) is 0 Å². The molecule has 0 unspecified atom stereocenters. The van der Waals surface area contributed by atoms with Gasteiger partial charge in [0.25, 0.3) is 0 Å². The molecule has 2 saturated carbocycles. The molecule has 0 saturated heterocycles. The SMILES string of the molecule is CC(C)CC(OO)(C1CCCCC1)C1CCCCC1. The second-order valence-electron chi connectivity index (χ2n) is 7.31. The summed E-state index contributed by atoms with van der Waals surface area (Å²) in [7, 11) is 0. The van der Waals surface area contributed by atoms with Crippen molar-refractivity contribution in [3.8, 4) is 0 Å². The largest absolute Gasteiger partial charge is 0.251 e. The van der Waals surface area contributed by atoms with Gasteiger partial charge in [0.2, 0.25) is 0 Å². The van der Waals surface area contributed by atoms with Crippen molar-refractivity contribution in [1.29, 1.82) is 0 Å². The van der Waals surface area contributed by atoms with E-state index in [4.69, 9.17) is 4.89 Å². The predicted molar refractivity (Wildman–Crippen MR) is 79.0 cm³/mol. The molecule has 0 aromatic rings. The summed E-state index contributed by atoms with van der Waals surface area (Å²) >= 11 is 0. The standard InChI is InChI=1S/C17H32O2/c1-14(2)13-17(19-18,15-9-5-3-6-10-15)16-11-7-4-8-12-16/h14-16,18H,3-13H2,1-2H3. The minimum absolute atomic E-state index is 0.241. The van der Waals surface area contributed by atoms with Gasteiger partial charge in [-0.05, 0) is 49.9 Å². The highest BCUT2D eigenvalue weighted by Gasteiger charge is 2.47. The normalized spacial score (nSPS) is 24.0. The van der Waals surface area contributed by atoms with Crippen LogP contribution in [0.25, 0.3) is 0 Å². The van der Waals surface area contributed by atoms with Gasteiger partial charge in [-0.2, -0.15) is 0 Å². The molecule has 2 heteroatoms. The molecule has 0 bridgehead atoms. The van der Waals surface area contributed by atoms with E-state index in [2.05, 4.69) is 13.8 Å². The summed E-state index contributed by atoms with van der Waals surface area (Å²) in [5.74, 6) is 1.75. The molecule has 2 nitrogen and oxygen atoms in total. The zero-order chi connectivity index (χ0) is 13.7. The van der Waals surface area contributed by atoms with Crippen LogP contribution >= 0.6 is 0 Å². The first-order chi connectivity index (χ1) is 9.19. The van der Waals surface area contributed by atoms with Crippen LogP contribution in [0.2, 0.25) is 0 Å². The predicted octanol–water partition coefficient (Wildman–Crippen LogP) is 5.42. The summed E-state index contributed by atoms with van der Waals surface area (Å²) in [6.45, 7) is 4.53. The van der Waals surface area contributed by atoms with Crippen LogP contribution in [-0.2, 0) is 4.89 Å². The fourth-order valence-electron chi connectivity index (χ4n) is 4.67. The van der Waals surface area contributed by atoms with Gasteiger partial charge in [0.1, 0.15) is 5.60 Å². The van der Waals surface area contributed by atoms with Gasteiger partial charge in [-0.15, -0.1) is 0 Å². The Bertz CT molecular complexity index is 232. The van der Waals surface area contributed by atoms with E-state index in [1.165, 1.54) is 64.2 Å². The van der Waals surface area contributed by atoms with Gasteiger partial charge in [0.05, 0.1) is 0 Å². The second kappa shape index (κ2) is 7.08. The van der Waals surface area contributed by atoms with Crippen LogP contribution in [0.5, 0.6) is 0 Å². The maximum atomic E-state index is 9.83. The van der Waals surface area contributed by atoms with Gasteiger partial charge in [-0.25, -0.2) is 4.89 Å². The Kier molecular flexibility index (Phi) is 5.70. The average molecular weight is 268 g/mol. The molecule has 2 aliphatic rings. The van der Waals surface area contributed by atoms with Gasteiger partial charge < -0.3 is 0 Å². The Hall–Kier alpha value is -0.0800. The fourth-order valence-corrected chi connectivity index (χ4v) is 4.67. The molecule has 2 fully saturated rings. The molecule has 0 spiro atoms. The first-order valence-corrected chi connectivity index (χ1v) is 8.51. The smallest absolute Gasteiger partial charge is 0.109 e. The van der Waals surface area contributed by atoms with Crippen LogP contribution < -0.4 is 0 Å². The Morgan fingerprint density at radius 1 is 0.895 bits per heavy atom. The third kappa shape index (κ3) is 3.52. The lowest BCUT2D eigenvalue weighted by atomic mass is 9.63. The molecule has 112 valence electrons. The number of hydrogen-bond acceptors (Lipinski definition) is 2. The van der Waals surface area contributed by atoms with E-state index in [1.54, 1.807) is 0 Å². The van der Waals surface area contributed by atoms with Crippen LogP contribution in [0.15, 0.2) is 0 Å². The molecule has 0 amide bonds. The summed E-state index contributed by atoms with van der Waals surface area (Å²) in [4.78, 5) is 5.33. The highest BCUT2D eigenvalue weighted by Crippen LogP contribution is 2.47. The van der Waals surface area contributed by atoms with Crippen LogP contribution in [0.1, 0.15) is 84.5 Å². The van der Waals surface area contributed by atoms with Crippen LogP contribution in [0.4, 0.5) is 0 Å². The number of rotatable bonds is 5.